The summed E-state index contributed by atoms with van der Waals surface area (Å²) in [4.78, 5) is 21.9. The van der Waals surface area contributed by atoms with E-state index in [0.29, 0.717) is 17.4 Å². The van der Waals surface area contributed by atoms with Crippen molar-refractivity contribution in [3.8, 4) is 11.3 Å². The van der Waals surface area contributed by atoms with E-state index in [9.17, 15) is 9.90 Å². The summed E-state index contributed by atoms with van der Waals surface area (Å²) in [6, 6.07) is 29.8. The number of nitrogens with one attached hydrogen (secondary N) is 2. The van der Waals surface area contributed by atoms with Crippen molar-refractivity contribution in [1.82, 2.24) is 20.6 Å². The average Bonchev–Trinajstić information content (AvgIpc) is 3.41. The van der Waals surface area contributed by atoms with Crippen LogP contribution in [-0.4, -0.2) is 33.1 Å². The largest absolute Gasteiger partial charge is 0.387 e. The maximum atomic E-state index is 12.8. The number of aliphatic hydroxyl groups is 1. The van der Waals surface area contributed by atoms with Crippen LogP contribution in [0.2, 0.25) is 0 Å². The fourth-order valence-corrected chi connectivity index (χ4v) is 4.95. The molecule has 1 aliphatic rings. The van der Waals surface area contributed by atoms with Crippen molar-refractivity contribution in [2.75, 3.05) is 0 Å². The molecule has 188 valence electrons. The van der Waals surface area contributed by atoms with Gasteiger partial charge in [-0.3, -0.25) is 4.79 Å². The predicted octanol–water partition coefficient (Wildman–Crippen LogP) is 4.78. The highest BCUT2D eigenvalue weighted by Crippen LogP contribution is 2.26. The van der Waals surface area contributed by atoms with E-state index in [1.165, 1.54) is 5.56 Å². The van der Waals surface area contributed by atoms with Gasteiger partial charge in [0.15, 0.2) is 0 Å². The van der Waals surface area contributed by atoms with E-state index in [1.807, 2.05) is 97.9 Å². The number of aryl methyl sites for hydroxylation is 1. The van der Waals surface area contributed by atoms with Gasteiger partial charge in [-0.05, 0) is 55.5 Å². The maximum Gasteiger partial charge on any atom is 0.251 e. The monoisotopic (exact) mass is 492 g/mol. The van der Waals surface area contributed by atoms with Crippen LogP contribution in [-0.2, 0) is 13.0 Å². The minimum Gasteiger partial charge on any atom is -0.387 e. The Morgan fingerprint density at radius 3 is 2.41 bits per heavy atom. The van der Waals surface area contributed by atoms with Gasteiger partial charge in [0.2, 0.25) is 0 Å². The highest BCUT2D eigenvalue weighted by molar-refractivity contribution is 5.94. The second-order valence-electron chi connectivity index (χ2n) is 9.66. The van der Waals surface area contributed by atoms with Crippen LogP contribution >= 0.6 is 0 Å². The van der Waals surface area contributed by atoms with Crippen molar-refractivity contribution in [2.24, 2.45) is 0 Å². The van der Waals surface area contributed by atoms with E-state index in [0.717, 1.165) is 41.8 Å². The molecule has 5 rings (SSSR count). The molecule has 0 saturated carbocycles. The lowest BCUT2D eigenvalue weighted by Gasteiger charge is -2.20. The smallest absolute Gasteiger partial charge is 0.251 e. The molecule has 3 N–H and O–H groups in total. The average molecular weight is 493 g/mol. The number of carbonyl (C=O) groups excluding carboxylic acids is 1. The molecule has 0 aliphatic carbocycles. The van der Waals surface area contributed by atoms with E-state index in [1.54, 1.807) is 0 Å². The Hall–Kier alpha value is -3.87. The van der Waals surface area contributed by atoms with E-state index >= 15 is 0 Å². The van der Waals surface area contributed by atoms with Crippen molar-refractivity contribution in [3.63, 3.8) is 0 Å². The number of hydrogen-bond donors (Lipinski definition) is 3. The summed E-state index contributed by atoms with van der Waals surface area (Å²) in [6.07, 6.45) is 2.31. The van der Waals surface area contributed by atoms with Crippen molar-refractivity contribution in [2.45, 2.75) is 50.9 Å². The maximum absolute atomic E-state index is 12.8. The van der Waals surface area contributed by atoms with Crippen molar-refractivity contribution < 1.29 is 9.90 Å². The second kappa shape index (κ2) is 11.5. The van der Waals surface area contributed by atoms with E-state index in [4.69, 9.17) is 0 Å². The van der Waals surface area contributed by atoms with Gasteiger partial charge in [-0.1, -0.05) is 72.8 Å². The predicted molar refractivity (Wildman–Crippen MR) is 145 cm³/mol. The van der Waals surface area contributed by atoms with Crippen LogP contribution in [0, 0.1) is 6.92 Å². The highest BCUT2D eigenvalue weighted by atomic mass is 16.3. The molecule has 1 saturated heterocycles. The first-order valence-electron chi connectivity index (χ1n) is 12.8. The van der Waals surface area contributed by atoms with Gasteiger partial charge in [-0.15, -0.1) is 0 Å². The topological polar surface area (TPSA) is 87.1 Å². The number of rotatable bonds is 8. The summed E-state index contributed by atoms with van der Waals surface area (Å²) in [5.41, 5.74) is 5.45. The van der Waals surface area contributed by atoms with Crippen LogP contribution in [0.15, 0.2) is 91.0 Å². The third-order valence-corrected chi connectivity index (χ3v) is 6.87. The summed E-state index contributed by atoms with van der Waals surface area (Å²) in [5.74, 6) is 0.436. The lowest BCUT2D eigenvalue weighted by Crippen LogP contribution is -2.35. The molecule has 37 heavy (non-hydrogen) atoms. The third-order valence-electron chi connectivity index (χ3n) is 6.87. The van der Waals surface area contributed by atoms with Crippen LogP contribution in [0.25, 0.3) is 11.3 Å². The molecule has 3 aromatic carbocycles. The van der Waals surface area contributed by atoms with Crippen molar-refractivity contribution >= 4 is 5.91 Å². The van der Waals surface area contributed by atoms with Crippen LogP contribution in [0.3, 0.4) is 0 Å². The number of nitrogens with zero attached hydrogens (tertiary/aromatic N) is 2. The molecular weight excluding hydrogens is 460 g/mol. The molecule has 1 fully saturated rings. The quantitative estimate of drug-likeness (QED) is 0.330. The minimum absolute atomic E-state index is 0.0590. The van der Waals surface area contributed by atoms with Gasteiger partial charge in [0, 0.05) is 28.9 Å². The zero-order valence-corrected chi connectivity index (χ0v) is 21.0. The van der Waals surface area contributed by atoms with E-state index in [-0.39, 0.29) is 18.5 Å². The summed E-state index contributed by atoms with van der Waals surface area (Å²) in [6.45, 7) is 2.20. The second-order valence-corrected chi connectivity index (χ2v) is 9.66. The summed E-state index contributed by atoms with van der Waals surface area (Å²) < 4.78 is 0. The van der Waals surface area contributed by atoms with Crippen LogP contribution in [0.5, 0.6) is 0 Å². The fraction of sp³-hybridized carbons (Fsp3) is 0.258. The van der Waals surface area contributed by atoms with Gasteiger partial charge < -0.3 is 15.7 Å². The fourth-order valence-electron chi connectivity index (χ4n) is 4.95. The SMILES string of the molecule is Cc1cc(-c2ccccc2)nc(CNC(=O)c2ccc(C[C@@H]3CC[C@H]([C@H](O)c4ccccc4)N3)cc2)n1. The molecule has 0 spiro atoms. The highest BCUT2D eigenvalue weighted by Gasteiger charge is 2.29. The zero-order chi connectivity index (χ0) is 25.6. The van der Waals surface area contributed by atoms with Crippen LogP contribution < -0.4 is 10.6 Å². The lowest BCUT2D eigenvalue weighted by molar-refractivity contribution is 0.0949. The van der Waals surface area contributed by atoms with Gasteiger partial charge in [0.25, 0.3) is 5.91 Å². The minimum atomic E-state index is -0.501. The van der Waals surface area contributed by atoms with Gasteiger partial charge in [0.05, 0.1) is 18.3 Å². The Labute approximate surface area is 217 Å². The Kier molecular flexibility index (Phi) is 7.68. The third kappa shape index (κ3) is 6.28. The number of aliphatic hydroxyl groups excluding tert-OH is 1. The number of hydrogen-bond acceptors (Lipinski definition) is 5. The number of amides is 1. The molecule has 1 aliphatic heterocycles. The van der Waals surface area contributed by atoms with Crippen LogP contribution in [0.4, 0.5) is 0 Å². The molecular formula is C31H32N4O2. The summed E-state index contributed by atoms with van der Waals surface area (Å²) in [5, 5.41) is 17.2. The molecule has 6 heteroatoms. The first-order valence-corrected chi connectivity index (χ1v) is 12.8. The van der Waals surface area contributed by atoms with Gasteiger partial charge in [-0.2, -0.15) is 0 Å². The Morgan fingerprint density at radius 1 is 0.973 bits per heavy atom. The Balaban J connectivity index is 1.14. The molecule has 1 amide bonds. The molecule has 4 aromatic rings. The molecule has 3 atom stereocenters. The van der Waals surface area contributed by atoms with E-state index in [2.05, 4.69) is 20.6 Å². The van der Waals surface area contributed by atoms with Crippen molar-refractivity contribution in [3.05, 3.63) is 119 Å². The van der Waals surface area contributed by atoms with E-state index < -0.39 is 6.10 Å². The van der Waals surface area contributed by atoms with Gasteiger partial charge >= 0.3 is 0 Å². The Bertz CT molecular complexity index is 1330. The summed E-state index contributed by atoms with van der Waals surface area (Å²) in [7, 11) is 0. The number of aromatic nitrogens is 2. The standard InChI is InChI=1S/C31H32N4O2/c1-21-18-28(23-8-4-2-5-9-23)35-29(33-21)20-32-31(37)25-14-12-22(13-15-25)19-26-16-17-27(34-26)30(36)24-10-6-3-7-11-24/h2-15,18,26-27,30,34,36H,16-17,19-20H2,1H3,(H,32,37)/t26-,27+,30+/m0/s1. The van der Waals surface area contributed by atoms with Gasteiger partial charge in [0.1, 0.15) is 5.82 Å². The Morgan fingerprint density at radius 2 is 1.68 bits per heavy atom. The first kappa shape index (κ1) is 24.8. The molecule has 0 radical (unpaired) electrons. The normalized spacial score (nSPS) is 17.9. The first-order chi connectivity index (χ1) is 18.0. The number of carbonyl (C=O) groups is 1. The van der Waals surface area contributed by atoms with Crippen molar-refractivity contribution in [1.29, 1.82) is 0 Å². The molecule has 6 nitrogen and oxygen atoms in total. The molecule has 0 bridgehead atoms. The summed E-state index contributed by atoms with van der Waals surface area (Å²) >= 11 is 0. The lowest BCUT2D eigenvalue weighted by atomic mass is 10.0. The van der Waals surface area contributed by atoms with Crippen LogP contribution in [0.1, 0.15) is 51.9 Å². The molecule has 0 unspecified atom stereocenters. The molecule has 2 heterocycles. The molecule has 1 aromatic heterocycles. The number of benzene rings is 3. The zero-order valence-electron chi connectivity index (χ0n) is 21.0. The van der Waals surface area contributed by atoms with Gasteiger partial charge in [-0.25, -0.2) is 9.97 Å².